The number of alkyl halides is 6. The molecule has 0 saturated carbocycles. The molecule has 2 bridgehead atoms. The molecular weight excluding hydrogens is 1040 g/mol. The highest BCUT2D eigenvalue weighted by atomic mass is 35.5. The average Bonchev–Trinajstić information content (AvgIpc) is 3.64. The van der Waals surface area contributed by atoms with Gasteiger partial charge in [-0.3, -0.25) is 24.9 Å². The number of fused-ring (bicyclic) bond motifs is 2. The number of nitrogens with zero attached hydrogens (tertiary/aromatic N) is 5. The number of hydrogen-bond donors (Lipinski definition) is 6. The second-order valence-corrected chi connectivity index (χ2v) is 20.8. The van der Waals surface area contributed by atoms with Crippen molar-refractivity contribution in [3.63, 3.8) is 0 Å². The third kappa shape index (κ3) is 13.9. The van der Waals surface area contributed by atoms with E-state index in [0.29, 0.717) is 73.8 Å². The van der Waals surface area contributed by atoms with E-state index in [2.05, 4.69) is 42.1 Å². The molecule has 77 heavy (non-hydrogen) atoms. The van der Waals surface area contributed by atoms with Crippen molar-refractivity contribution < 1.29 is 65.2 Å². The first-order valence-corrected chi connectivity index (χ1v) is 25.0. The molecule has 0 radical (unpaired) electrons. The number of rotatable bonds is 18. The molecule has 3 saturated heterocycles. The number of hydrogen-bond acceptors (Lipinski definition) is 12. The van der Waals surface area contributed by atoms with Crippen molar-refractivity contribution in [1.82, 2.24) is 41.3 Å². The monoisotopic (exact) mass is 1100 g/mol. The van der Waals surface area contributed by atoms with Gasteiger partial charge in [0.05, 0.1) is 55.0 Å². The van der Waals surface area contributed by atoms with Crippen LogP contribution in [0, 0.1) is 22.7 Å². The van der Waals surface area contributed by atoms with Crippen molar-refractivity contribution in [1.29, 1.82) is 0 Å². The van der Waals surface area contributed by atoms with Gasteiger partial charge in [-0.05, 0) is 101 Å². The first-order valence-electron chi connectivity index (χ1n) is 24.6. The zero-order valence-corrected chi connectivity index (χ0v) is 43.5. The molecule has 4 amide bonds. The maximum Gasteiger partial charge on any atom is 0.407 e. The molecule has 2 aromatic carbocycles. The molecule has 2 aromatic heterocycles. The Labute approximate surface area is 446 Å². The van der Waals surface area contributed by atoms with Gasteiger partial charge in [0.1, 0.15) is 17.9 Å². The number of aliphatic hydroxyl groups excluding tert-OH is 1. The number of alkyl carbamates (subject to hydrolysis) is 1. The number of ether oxygens (including phenoxy) is 2. The highest BCUT2D eigenvalue weighted by Gasteiger charge is 2.57. The van der Waals surface area contributed by atoms with Gasteiger partial charge in [0, 0.05) is 72.4 Å². The largest absolute Gasteiger partial charge is 0.465 e. The van der Waals surface area contributed by atoms with E-state index in [1.807, 2.05) is 17.4 Å². The number of benzene rings is 2. The Bertz CT molecular complexity index is 2780. The number of carboxylic acid groups (broad SMARTS) is 1. The summed E-state index contributed by atoms with van der Waals surface area (Å²) in [5.74, 6) is 4.09. The summed E-state index contributed by atoms with van der Waals surface area (Å²) in [4.78, 5) is 66.1. The van der Waals surface area contributed by atoms with Gasteiger partial charge >= 0.3 is 24.5 Å². The summed E-state index contributed by atoms with van der Waals surface area (Å²) in [6.07, 6.45) is -10.3. The normalized spacial score (nSPS) is 18.7. The molecule has 5 heterocycles. The SMILES string of the molecule is COC(=O)N[C@H](C(=O)N[C@@H](Cc1ccc(C#Cc2ccc(N3CC4CCC(C3)N4C3COC3)nc2)cc1)[C@@H](O)CN(Cc1ccc(-c2ccccn2)cc1Cl)NC(=O)[C@@H](NC(=O)O)C(C)(C)C(F)(F)F)C(C)(C)C(F)(F)F. The molecule has 17 nitrogen and oxygen atoms in total. The van der Waals surface area contributed by atoms with Crippen LogP contribution in [-0.2, 0) is 32.0 Å². The molecule has 414 valence electrons. The summed E-state index contributed by atoms with van der Waals surface area (Å²) in [6, 6.07) is 15.0. The van der Waals surface area contributed by atoms with E-state index in [0.717, 1.165) is 57.1 Å². The third-order valence-electron chi connectivity index (χ3n) is 14.4. The van der Waals surface area contributed by atoms with E-state index < -0.39 is 84.5 Å². The number of carbonyl (C=O) groups is 4. The Morgan fingerprint density at radius 3 is 1.97 bits per heavy atom. The van der Waals surface area contributed by atoms with E-state index in [9.17, 15) is 55.7 Å². The molecule has 3 aliphatic rings. The highest BCUT2D eigenvalue weighted by Crippen LogP contribution is 2.42. The molecule has 6 atom stereocenters. The lowest BCUT2D eigenvalue weighted by molar-refractivity contribution is -0.221. The summed E-state index contributed by atoms with van der Waals surface area (Å²) in [7, 11) is 0.879. The minimum absolute atomic E-state index is 0.0705. The van der Waals surface area contributed by atoms with Crippen molar-refractivity contribution in [3.8, 4) is 23.1 Å². The fourth-order valence-corrected chi connectivity index (χ4v) is 9.75. The van der Waals surface area contributed by atoms with Crippen molar-refractivity contribution >= 4 is 41.4 Å². The molecule has 3 fully saturated rings. The first kappa shape index (κ1) is 58.0. The number of nitrogens with one attached hydrogen (secondary N) is 4. The van der Waals surface area contributed by atoms with Crippen molar-refractivity contribution in [2.75, 3.05) is 44.9 Å². The second kappa shape index (κ2) is 23.9. The fourth-order valence-electron chi connectivity index (χ4n) is 9.51. The van der Waals surface area contributed by atoms with Crippen LogP contribution in [0.5, 0.6) is 0 Å². The van der Waals surface area contributed by atoms with Crippen LogP contribution in [0.25, 0.3) is 11.3 Å². The summed E-state index contributed by atoms with van der Waals surface area (Å²) >= 11 is 6.72. The summed E-state index contributed by atoms with van der Waals surface area (Å²) in [6.45, 7) is 4.61. The molecular formula is C53H60ClF6N9O8. The lowest BCUT2D eigenvalue weighted by Gasteiger charge is -2.47. The molecule has 3 aliphatic heterocycles. The van der Waals surface area contributed by atoms with E-state index in [1.54, 1.807) is 66.2 Å². The minimum atomic E-state index is -5.13. The van der Waals surface area contributed by atoms with Crippen LogP contribution in [0.2, 0.25) is 5.02 Å². The predicted molar refractivity (Wildman–Crippen MR) is 271 cm³/mol. The van der Waals surface area contributed by atoms with Gasteiger partial charge in [-0.1, -0.05) is 53.8 Å². The van der Waals surface area contributed by atoms with Crippen molar-refractivity contribution in [2.45, 2.75) is 108 Å². The van der Waals surface area contributed by atoms with Crippen LogP contribution in [0.15, 0.2) is 85.2 Å². The van der Waals surface area contributed by atoms with Crippen LogP contribution in [-0.4, -0.2) is 149 Å². The number of anilines is 1. The third-order valence-corrected chi connectivity index (χ3v) is 14.8. The number of aliphatic hydroxyl groups is 1. The summed E-state index contributed by atoms with van der Waals surface area (Å²) < 4.78 is 96.9. The van der Waals surface area contributed by atoms with E-state index in [-0.39, 0.29) is 17.0 Å². The molecule has 2 unspecified atom stereocenters. The Balaban J connectivity index is 1.15. The highest BCUT2D eigenvalue weighted by molar-refractivity contribution is 6.31. The smallest absolute Gasteiger partial charge is 0.407 e. The number of pyridine rings is 2. The zero-order chi connectivity index (χ0) is 56.0. The zero-order valence-electron chi connectivity index (χ0n) is 42.7. The second-order valence-electron chi connectivity index (χ2n) is 20.4. The van der Waals surface area contributed by atoms with Gasteiger partial charge in [-0.25, -0.2) is 19.6 Å². The van der Waals surface area contributed by atoms with E-state index in [1.165, 1.54) is 12.1 Å². The lowest BCUT2D eigenvalue weighted by atomic mass is 9.82. The quantitative estimate of drug-likeness (QED) is 0.0348. The number of halogens is 7. The first-order chi connectivity index (χ1) is 36.2. The van der Waals surface area contributed by atoms with E-state index in [4.69, 9.17) is 21.3 Å². The van der Waals surface area contributed by atoms with Crippen LogP contribution < -0.4 is 26.3 Å². The van der Waals surface area contributed by atoms with Gasteiger partial charge in [0.15, 0.2) is 0 Å². The topological polar surface area (TPSA) is 211 Å². The maximum atomic E-state index is 14.6. The van der Waals surface area contributed by atoms with Gasteiger partial charge in [0.2, 0.25) is 5.91 Å². The Kier molecular flexibility index (Phi) is 18.0. The maximum absolute atomic E-state index is 14.6. The summed E-state index contributed by atoms with van der Waals surface area (Å²) in [5.41, 5.74) is -0.781. The Hall–Kier alpha value is -6.71. The number of piperazine rings is 1. The van der Waals surface area contributed by atoms with Gasteiger partial charge in [-0.15, -0.1) is 0 Å². The molecule has 7 rings (SSSR count). The van der Waals surface area contributed by atoms with E-state index >= 15 is 0 Å². The van der Waals surface area contributed by atoms with Crippen molar-refractivity contribution in [2.24, 2.45) is 10.8 Å². The van der Waals surface area contributed by atoms with Crippen LogP contribution in [0.4, 0.5) is 41.7 Å². The number of carbonyl (C=O) groups excluding carboxylic acids is 3. The predicted octanol–water partition coefficient (Wildman–Crippen LogP) is 6.71. The molecule has 0 aliphatic carbocycles. The Morgan fingerprint density at radius 2 is 1.44 bits per heavy atom. The average molecular weight is 1100 g/mol. The Morgan fingerprint density at radius 1 is 0.818 bits per heavy atom. The molecule has 4 aromatic rings. The fraction of sp³-hybridized carbons (Fsp3) is 0.472. The minimum Gasteiger partial charge on any atom is -0.465 e. The molecule has 24 heteroatoms. The number of amides is 4. The number of methoxy groups -OCH3 is 1. The van der Waals surface area contributed by atoms with Gasteiger partial charge in [0.25, 0.3) is 5.91 Å². The standard InChI is InChI=1S/C53H60ClF6N9O8/c1-50(2,52(55,56)57)44(65-49(75)76-5)46(71)63-41(22-32-12-9-31(10-13-32)11-14-33-15-20-43(62-24-33)67-26-36-18-19-37(27-67)69(36)38-29-77-30-38)42(70)28-68(66-47(72)45(64-48(73)74)51(3,4)53(58,59)60)25-35-17-16-34(23-39(35)54)40-8-6-7-21-61-40/h6-10,12-13,15-17,20-21,23-24,36-38,41-42,44-45,64,70H,18-19,22,25-30H2,1-5H3,(H,63,71)(H,65,75)(H,66,72)(H,73,74)/t36?,37?,41-,42-,44+,45+/m0/s1. The van der Waals surface area contributed by atoms with Crippen LogP contribution in [0.3, 0.4) is 0 Å². The van der Waals surface area contributed by atoms with Crippen molar-refractivity contribution in [3.05, 3.63) is 112 Å². The van der Waals surface area contributed by atoms with Gasteiger partial charge < -0.3 is 40.5 Å². The van der Waals surface area contributed by atoms with Crippen LogP contribution in [0.1, 0.15) is 62.8 Å². The van der Waals surface area contributed by atoms with Crippen LogP contribution >= 0.6 is 11.6 Å². The molecule has 6 N–H and O–H groups in total. The lowest BCUT2D eigenvalue weighted by Crippen LogP contribution is -2.63. The summed E-state index contributed by atoms with van der Waals surface area (Å²) in [5, 5.41) is 28.6. The van der Waals surface area contributed by atoms with Gasteiger partial charge in [-0.2, -0.15) is 26.3 Å². The number of aromatic nitrogens is 2. The number of hydrazine groups is 1. The molecule has 0 spiro atoms.